The van der Waals surface area contributed by atoms with E-state index >= 15 is 0 Å². The van der Waals surface area contributed by atoms with Crippen molar-refractivity contribution in [2.45, 2.75) is 0 Å². The molecule has 1 heterocycles. The zero-order valence-electron chi connectivity index (χ0n) is 6.83. The fourth-order valence-corrected chi connectivity index (χ4v) is 1.58. The molecule has 0 aliphatic heterocycles. The normalized spacial score (nSPS) is 10.1. The average molecular weight is 224 g/mol. The van der Waals surface area contributed by atoms with Crippen LogP contribution in [0.2, 0.25) is 10.4 Å². The van der Waals surface area contributed by atoms with E-state index in [9.17, 15) is 0 Å². The fourth-order valence-electron chi connectivity index (χ4n) is 1.13. The van der Waals surface area contributed by atoms with Crippen molar-refractivity contribution in [3.05, 3.63) is 34.2 Å². The smallest absolute Gasteiger partial charge is 0.218 e. The van der Waals surface area contributed by atoms with Gasteiger partial charge in [-0.2, -0.15) is 5.26 Å². The van der Waals surface area contributed by atoms with Crippen molar-refractivity contribution in [1.29, 1.82) is 5.26 Å². The van der Waals surface area contributed by atoms with Gasteiger partial charge < -0.3 is 0 Å². The summed E-state index contributed by atoms with van der Waals surface area (Å²) in [5.74, 6) is 0. The summed E-state index contributed by atoms with van der Waals surface area (Å²) in [6.07, 6.45) is 0. The zero-order chi connectivity index (χ0) is 10.1. The van der Waals surface area contributed by atoms with Crippen LogP contribution in [0.4, 0.5) is 0 Å². The van der Waals surface area contributed by atoms with Crippen molar-refractivity contribution in [3.8, 4) is 6.07 Å². The molecule has 0 atom stereocenters. The van der Waals surface area contributed by atoms with Crippen LogP contribution >= 0.6 is 23.2 Å². The van der Waals surface area contributed by atoms with Gasteiger partial charge in [0.2, 0.25) is 5.28 Å². The number of nitrogens with zero attached hydrogens (tertiary/aromatic N) is 3. The predicted octanol–water partition coefficient (Wildman–Crippen LogP) is 2.81. The molecule has 0 saturated carbocycles. The lowest BCUT2D eigenvalue weighted by molar-refractivity contribution is 1.22. The average Bonchev–Trinajstić information content (AvgIpc) is 2.17. The Morgan fingerprint density at radius 2 is 2.00 bits per heavy atom. The Morgan fingerprint density at radius 1 is 1.21 bits per heavy atom. The number of aromatic nitrogens is 2. The molecule has 0 unspecified atom stereocenters. The van der Waals surface area contributed by atoms with E-state index in [2.05, 4.69) is 9.97 Å². The third-order valence-electron chi connectivity index (χ3n) is 1.75. The Labute approximate surface area is 89.9 Å². The molecule has 1 aromatic carbocycles. The highest BCUT2D eigenvalue weighted by atomic mass is 35.5. The molecule has 0 spiro atoms. The number of halogens is 2. The number of hydrogen-bond donors (Lipinski definition) is 0. The van der Waals surface area contributed by atoms with Gasteiger partial charge in [0.25, 0.3) is 0 Å². The van der Waals surface area contributed by atoms with Gasteiger partial charge in [-0.25, -0.2) is 9.97 Å². The Morgan fingerprint density at radius 3 is 2.71 bits per heavy atom. The summed E-state index contributed by atoms with van der Waals surface area (Å²) in [6, 6.07) is 6.99. The number of fused-ring (bicyclic) bond motifs is 1. The maximum Gasteiger partial charge on any atom is 0.224 e. The minimum Gasteiger partial charge on any atom is -0.218 e. The molecule has 0 aliphatic rings. The van der Waals surface area contributed by atoms with E-state index in [1.807, 2.05) is 6.07 Å². The molecule has 3 nitrogen and oxygen atoms in total. The van der Waals surface area contributed by atoms with E-state index in [4.69, 9.17) is 28.5 Å². The highest BCUT2D eigenvalue weighted by molar-refractivity contribution is 6.35. The zero-order valence-corrected chi connectivity index (χ0v) is 8.34. The van der Waals surface area contributed by atoms with Gasteiger partial charge in [0.15, 0.2) is 0 Å². The van der Waals surface area contributed by atoms with Gasteiger partial charge in [0.1, 0.15) is 5.15 Å². The summed E-state index contributed by atoms with van der Waals surface area (Å²) in [7, 11) is 0. The molecule has 0 aliphatic carbocycles. The molecule has 0 bridgehead atoms. The van der Waals surface area contributed by atoms with Gasteiger partial charge in [-0.05, 0) is 29.8 Å². The highest BCUT2D eigenvalue weighted by Gasteiger charge is 2.04. The van der Waals surface area contributed by atoms with E-state index in [1.54, 1.807) is 18.2 Å². The summed E-state index contributed by atoms with van der Waals surface area (Å²) in [6.45, 7) is 0. The van der Waals surface area contributed by atoms with Crippen molar-refractivity contribution in [1.82, 2.24) is 9.97 Å². The molecule has 0 N–H and O–H groups in total. The third kappa shape index (κ3) is 1.50. The highest BCUT2D eigenvalue weighted by Crippen LogP contribution is 2.22. The Bertz CT molecular complexity index is 545. The van der Waals surface area contributed by atoms with E-state index in [0.29, 0.717) is 16.5 Å². The first-order valence-corrected chi connectivity index (χ1v) is 4.49. The van der Waals surface area contributed by atoms with Crippen molar-refractivity contribution in [2.75, 3.05) is 0 Å². The predicted molar refractivity (Wildman–Crippen MR) is 54.3 cm³/mol. The lowest BCUT2D eigenvalue weighted by atomic mass is 10.2. The lowest BCUT2D eigenvalue weighted by Gasteiger charge is -1.99. The van der Waals surface area contributed by atoms with Gasteiger partial charge in [-0.1, -0.05) is 11.6 Å². The van der Waals surface area contributed by atoms with Crippen molar-refractivity contribution in [3.63, 3.8) is 0 Å². The lowest BCUT2D eigenvalue weighted by Crippen LogP contribution is -1.87. The van der Waals surface area contributed by atoms with Crippen LogP contribution in [0.3, 0.4) is 0 Å². The van der Waals surface area contributed by atoms with E-state index < -0.39 is 0 Å². The molecule has 0 fully saturated rings. The first-order valence-electron chi connectivity index (χ1n) is 3.73. The summed E-state index contributed by atoms with van der Waals surface area (Å²) >= 11 is 11.5. The molecule has 2 aromatic rings. The van der Waals surface area contributed by atoms with Gasteiger partial charge in [0, 0.05) is 5.39 Å². The minimum atomic E-state index is 0.104. The molecular formula is C9H3Cl2N3. The third-order valence-corrected chi connectivity index (χ3v) is 2.21. The van der Waals surface area contributed by atoms with Gasteiger partial charge in [-0.3, -0.25) is 0 Å². The number of hydrogen-bond acceptors (Lipinski definition) is 3. The van der Waals surface area contributed by atoms with Crippen LogP contribution in [-0.2, 0) is 0 Å². The number of benzene rings is 1. The molecule has 0 radical (unpaired) electrons. The Kier molecular flexibility index (Phi) is 2.24. The second kappa shape index (κ2) is 3.41. The van der Waals surface area contributed by atoms with Crippen LogP contribution in [0.5, 0.6) is 0 Å². The van der Waals surface area contributed by atoms with Crippen LogP contribution in [0.15, 0.2) is 18.2 Å². The van der Waals surface area contributed by atoms with Gasteiger partial charge in [-0.15, -0.1) is 0 Å². The quantitative estimate of drug-likeness (QED) is 0.510. The summed E-state index contributed by atoms with van der Waals surface area (Å²) in [5.41, 5.74) is 1.15. The van der Waals surface area contributed by atoms with E-state index in [0.717, 1.165) is 0 Å². The topological polar surface area (TPSA) is 49.6 Å². The first kappa shape index (κ1) is 9.20. The van der Waals surface area contributed by atoms with Crippen LogP contribution < -0.4 is 0 Å². The molecule has 68 valence electrons. The Balaban J connectivity index is 2.84. The Hall–Kier alpha value is -1.37. The summed E-state index contributed by atoms with van der Waals surface area (Å²) in [5, 5.41) is 9.68. The summed E-state index contributed by atoms with van der Waals surface area (Å²) < 4.78 is 0. The van der Waals surface area contributed by atoms with Crippen LogP contribution in [-0.4, -0.2) is 9.97 Å². The van der Waals surface area contributed by atoms with Gasteiger partial charge in [0.05, 0.1) is 17.1 Å². The molecular weight excluding hydrogens is 221 g/mol. The largest absolute Gasteiger partial charge is 0.224 e. The van der Waals surface area contributed by atoms with Crippen LogP contribution in [0.25, 0.3) is 10.9 Å². The number of rotatable bonds is 0. The number of nitriles is 1. The second-order valence-corrected chi connectivity index (χ2v) is 3.32. The second-order valence-electron chi connectivity index (χ2n) is 2.63. The molecule has 14 heavy (non-hydrogen) atoms. The maximum absolute atomic E-state index is 8.68. The van der Waals surface area contributed by atoms with E-state index in [1.165, 1.54) is 0 Å². The molecule has 5 heteroatoms. The van der Waals surface area contributed by atoms with Crippen LogP contribution in [0, 0.1) is 11.3 Å². The maximum atomic E-state index is 8.68. The fraction of sp³-hybridized carbons (Fsp3) is 0. The molecule has 0 saturated heterocycles. The minimum absolute atomic E-state index is 0.104. The standard InChI is InChI=1S/C9H3Cl2N3/c10-8-6-3-5(4-12)1-2-7(6)13-9(11)14-8/h1-3H. The molecule has 2 rings (SSSR count). The molecule has 0 amide bonds. The van der Waals surface area contributed by atoms with Crippen LogP contribution in [0.1, 0.15) is 5.56 Å². The van der Waals surface area contributed by atoms with Crippen molar-refractivity contribution >= 4 is 34.1 Å². The summed E-state index contributed by atoms with van der Waals surface area (Å²) in [4.78, 5) is 7.76. The van der Waals surface area contributed by atoms with Crippen molar-refractivity contribution in [2.24, 2.45) is 0 Å². The first-order chi connectivity index (χ1) is 6.70. The SMILES string of the molecule is N#Cc1ccc2nc(Cl)nc(Cl)c2c1. The molecule has 1 aromatic heterocycles. The monoisotopic (exact) mass is 223 g/mol. The van der Waals surface area contributed by atoms with E-state index in [-0.39, 0.29) is 10.4 Å². The van der Waals surface area contributed by atoms with Gasteiger partial charge >= 0.3 is 0 Å². The van der Waals surface area contributed by atoms with Crippen molar-refractivity contribution < 1.29 is 0 Å².